The van der Waals surface area contributed by atoms with Gasteiger partial charge in [-0.3, -0.25) is 9.59 Å². The summed E-state index contributed by atoms with van der Waals surface area (Å²) < 4.78 is 0. The largest absolute Gasteiger partial charge is 0.480 e. The van der Waals surface area contributed by atoms with E-state index in [1.165, 1.54) is 6.92 Å². The van der Waals surface area contributed by atoms with Crippen LogP contribution in [0.2, 0.25) is 0 Å². The van der Waals surface area contributed by atoms with Gasteiger partial charge in [0.2, 0.25) is 0 Å². The van der Waals surface area contributed by atoms with Crippen LogP contribution in [0.5, 0.6) is 0 Å². The van der Waals surface area contributed by atoms with Crippen LogP contribution in [0.15, 0.2) is 0 Å². The number of carboxylic acid groups (broad SMARTS) is 1. The molecule has 10 heavy (non-hydrogen) atoms. The number of nitrogens with two attached hydrogens (primary N) is 1. The summed E-state index contributed by atoms with van der Waals surface area (Å²) in [7, 11) is 0. The minimum absolute atomic E-state index is 0.134. The van der Waals surface area contributed by atoms with Crippen LogP contribution in [-0.4, -0.2) is 22.4 Å². The van der Waals surface area contributed by atoms with Gasteiger partial charge < -0.3 is 10.8 Å². The summed E-state index contributed by atoms with van der Waals surface area (Å²) in [6, 6.07) is 0. The molecule has 0 saturated heterocycles. The van der Waals surface area contributed by atoms with Gasteiger partial charge in [-0.15, -0.1) is 0 Å². The van der Waals surface area contributed by atoms with Crippen molar-refractivity contribution in [3.8, 4) is 0 Å². The van der Waals surface area contributed by atoms with Crippen LogP contribution in [0.3, 0.4) is 0 Å². The van der Waals surface area contributed by atoms with Crippen molar-refractivity contribution in [3.05, 3.63) is 0 Å². The molecule has 0 aromatic carbocycles. The summed E-state index contributed by atoms with van der Waals surface area (Å²) >= 11 is 0. The lowest BCUT2D eigenvalue weighted by Gasteiger charge is -2.00. The second-order valence-corrected chi connectivity index (χ2v) is 2.71. The van der Waals surface area contributed by atoms with E-state index in [4.69, 9.17) is 10.8 Å². The van der Waals surface area contributed by atoms with E-state index in [2.05, 4.69) is 0 Å². The normalized spacial score (nSPS) is 37.2. The third kappa shape index (κ3) is 0.806. The summed E-state index contributed by atoms with van der Waals surface area (Å²) in [6.45, 7) is 1.36. The number of carbonyl (C=O) groups excluding carboxylic acids is 1. The van der Waals surface area contributed by atoms with Gasteiger partial charge in [-0.05, 0) is 13.3 Å². The fourth-order valence-electron chi connectivity index (χ4n) is 1.02. The topological polar surface area (TPSA) is 80.4 Å². The fourth-order valence-corrected chi connectivity index (χ4v) is 1.02. The Hall–Kier alpha value is -0.900. The Morgan fingerprint density at radius 2 is 2.20 bits per heavy atom. The molecule has 0 heterocycles. The van der Waals surface area contributed by atoms with E-state index in [1.54, 1.807) is 0 Å². The zero-order chi connectivity index (χ0) is 7.94. The molecule has 3 N–H and O–H groups in total. The van der Waals surface area contributed by atoms with Crippen LogP contribution in [0.1, 0.15) is 13.3 Å². The van der Waals surface area contributed by atoms with Gasteiger partial charge in [0.1, 0.15) is 11.3 Å². The van der Waals surface area contributed by atoms with E-state index in [0.29, 0.717) is 0 Å². The van der Waals surface area contributed by atoms with Crippen LogP contribution < -0.4 is 5.73 Å². The number of rotatable bonds is 2. The van der Waals surface area contributed by atoms with Gasteiger partial charge in [-0.25, -0.2) is 0 Å². The highest BCUT2D eigenvalue weighted by atomic mass is 16.4. The molecule has 0 unspecified atom stereocenters. The van der Waals surface area contributed by atoms with Crippen molar-refractivity contribution < 1.29 is 14.7 Å². The molecule has 56 valence electrons. The molecule has 4 nitrogen and oxygen atoms in total. The molecule has 0 aromatic heterocycles. The zero-order valence-corrected chi connectivity index (χ0v) is 5.63. The minimum atomic E-state index is -1.24. The Bertz CT molecular complexity index is 201. The van der Waals surface area contributed by atoms with E-state index in [9.17, 15) is 9.59 Å². The van der Waals surface area contributed by atoms with Crippen molar-refractivity contribution in [3.63, 3.8) is 0 Å². The van der Waals surface area contributed by atoms with Gasteiger partial charge in [-0.2, -0.15) is 0 Å². The third-order valence-corrected chi connectivity index (χ3v) is 1.89. The summed E-state index contributed by atoms with van der Waals surface area (Å²) in [4.78, 5) is 20.9. The van der Waals surface area contributed by atoms with Crippen LogP contribution in [0.4, 0.5) is 0 Å². The van der Waals surface area contributed by atoms with Crippen molar-refractivity contribution >= 4 is 11.8 Å². The van der Waals surface area contributed by atoms with Crippen LogP contribution >= 0.6 is 0 Å². The highest BCUT2D eigenvalue weighted by Crippen LogP contribution is 2.41. The number of carboxylic acids is 1. The quantitative estimate of drug-likeness (QED) is 0.539. The third-order valence-electron chi connectivity index (χ3n) is 1.89. The van der Waals surface area contributed by atoms with Gasteiger partial charge in [0, 0.05) is 5.92 Å². The lowest BCUT2D eigenvalue weighted by Crippen LogP contribution is -2.36. The van der Waals surface area contributed by atoms with E-state index in [-0.39, 0.29) is 12.2 Å². The average molecular weight is 143 g/mol. The number of carbonyl (C=O) groups is 2. The van der Waals surface area contributed by atoms with Crippen LogP contribution in [0.25, 0.3) is 0 Å². The first-order valence-corrected chi connectivity index (χ1v) is 3.01. The SMILES string of the molecule is CC(=O)[C@H]1C[C@]1(N)C(=O)O. The second kappa shape index (κ2) is 1.79. The van der Waals surface area contributed by atoms with Gasteiger partial charge in [-0.1, -0.05) is 0 Å². The summed E-state index contributed by atoms with van der Waals surface area (Å²) in [6.07, 6.45) is 0.289. The summed E-state index contributed by atoms with van der Waals surface area (Å²) in [5.41, 5.74) is 4.07. The molecule has 0 amide bonds. The fraction of sp³-hybridized carbons (Fsp3) is 0.667. The summed E-state index contributed by atoms with van der Waals surface area (Å²) in [5.74, 6) is -1.66. The maximum atomic E-state index is 10.6. The molecular formula is C6H9NO3. The van der Waals surface area contributed by atoms with Gasteiger partial charge in [0.25, 0.3) is 0 Å². The first-order chi connectivity index (χ1) is 4.48. The lowest BCUT2D eigenvalue weighted by atomic mass is 10.2. The van der Waals surface area contributed by atoms with E-state index >= 15 is 0 Å². The Morgan fingerprint density at radius 1 is 1.70 bits per heavy atom. The molecule has 0 spiro atoms. The Labute approximate surface area is 58.0 Å². The molecule has 0 radical (unpaired) electrons. The molecule has 1 saturated carbocycles. The smallest absolute Gasteiger partial charge is 0.324 e. The molecule has 0 aliphatic heterocycles. The Balaban J connectivity index is 2.65. The molecule has 1 aliphatic rings. The van der Waals surface area contributed by atoms with Gasteiger partial charge in [0.05, 0.1) is 0 Å². The number of hydrogen-bond acceptors (Lipinski definition) is 3. The van der Waals surface area contributed by atoms with E-state index < -0.39 is 17.4 Å². The molecule has 1 rings (SSSR count). The van der Waals surface area contributed by atoms with Crippen molar-refractivity contribution in [1.82, 2.24) is 0 Å². The predicted molar refractivity (Wildman–Crippen MR) is 33.3 cm³/mol. The number of hydrogen-bond donors (Lipinski definition) is 2. The minimum Gasteiger partial charge on any atom is -0.480 e. The molecular weight excluding hydrogens is 134 g/mol. The standard InChI is InChI=1S/C6H9NO3/c1-3(8)4-2-6(4,7)5(9)10/h4H,2,7H2,1H3,(H,9,10)/t4-,6-/m1/s1. The molecule has 4 heteroatoms. The molecule has 0 aromatic rings. The first-order valence-electron chi connectivity index (χ1n) is 3.01. The molecule has 1 aliphatic carbocycles. The zero-order valence-electron chi connectivity index (χ0n) is 5.63. The number of aliphatic carboxylic acids is 1. The monoisotopic (exact) mass is 143 g/mol. The number of ketones is 1. The maximum absolute atomic E-state index is 10.6. The lowest BCUT2D eigenvalue weighted by molar-refractivity contribution is -0.141. The predicted octanol–water partition coefficient (Wildman–Crippen LogP) is -0.623. The highest BCUT2D eigenvalue weighted by molar-refractivity contribution is 5.95. The Kier molecular flexibility index (Phi) is 1.29. The van der Waals surface area contributed by atoms with Gasteiger partial charge >= 0.3 is 5.97 Å². The van der Waals surface area contributed by atoms with Crippen molar-refractivity contribution in [1.29, 1.82) is 0 Å². The Morgan fingerprint density at radius 3 is 2.30 bits per heavy atom. The maximum Gasteiger partial charge on any atom is 0.324 e. The van der Waals surface area contributed by atoms with Crippen molar-refractivity contribution in [2.75, 3.05) is 0 Å². The summed E-state index contributed by atoms with van der Waals surface area (Å²) in [5, 5.41) is 8.45. The first kappa shape index (κ1) is 7.21. The van der Waals surface area contributed by atoms with E-state index in [1.807, 2.05) is 0 Å². The van der Waals surface area contributed by atoms with Crippen molar-refractivity contribution in [2.45, 2.75) is 18.9 Å². The molecule has 0 bridgehead atoms. The van der Waals surface area contributed by atoms with Crippen molar-refractivity contribution in [2.24, 2.45) is 11.7 Å². The van der Waals surface area contributed by atoms with E-state index in [0.717, 1.165) is 0 Å². The van der Waals surface area contributed by atoms with Gasteiger partial charge in [0.15, 0.2) is 0 Å². The number of Topliss-reactive ketones (excluding diaryl/α,β-unsaturated/α-hetero) is 1. The van der Waals surface area contributed by atoms with Crippen LogP contribution in [0, 0.1) is 5.92 Å². The highest BCUT2D eigenvalue weighted by Gasteiger charge is 2.60. The van der Waals surface area contributed by atoms with Crippen LogP contribution in [-0.2, 0) is 9.59 Å². The second-order valence-electron chi connectivity index (χ2n) is 2.71. The molecule has 1 fully saturated rings. The molecule has 2 atom stereocenters. The average Bonchev–Trinajstić information content (AvgIpc) is 2.43.